The zero-order valence-electron chi connectivity index (χ0n) is 11.6. The molecule has 0 fully saturated rings. The van der Waals surface area contributed by atoms with Crippen LogP contribution in [-0.4, -0.2) is 19.6 Å². The molecule has 0 saturated heterocycles. The third kappa shape index (κ3) is 3.49. The average Bonchev–Trinajstić information content (AvgIpc) is 2.96. The molecular weight excluding hydrogens is 308 g/mol. The normalized spacial score (nSPS) is 12.6. The summed E-state index contributed by atoms with van der Waals surface area (Å²) in [5.74, 6) is 0.622. The summed E-state index contributed by atoms with van der Waals surface area (Å²) in [4.78, 5) is 12.8. The van der Waals surface area contributed by atoms with Crippen LogP contribution in [0, 0.1) is 0 Å². The summed E-state index contributed by atoms with van der Waals surface area (Å²) >= 11 is 1.38. The molecule has 21 heavy (non-hydrogen) atoms. The molecule has 3 rings (SSSR count). The number of carbonyl (C=O) groups is 1. The lowest BCUT2D eigenvalue weighted by Crippen LogP contribution is -2.14. The van der Waals surface area contributed by atoms with Crippen LogP contribution in [0.2, 0.25) is 0 Å². The van der Waals surface area contributed by atoms with Gasteiger partial charge in [0.1, 0.15) is 5.75 Å². The first kappa shape index (κ1) is 15.7. The van der Waals surface area contributed by atoms with Gasteiger partial charge in [-0.05, 0) is 36.6 Å². The minimum atomic E-state index is -0.0954. The van der Waals surface area contributed by atoms with E-state index in [1.54, 1.807) is 13.2 Å². The summed E-state index contributed by atoms with van der Waals surface area (Å²) < 4.78 is 5.09. The maximum absolute atomic E-state index is 12.1. The second-order valence-electron chi connectivity index (χ2n) is 4.71. The number of rotatable bonds is 3. The van der Waals surface area contributed by atoms with Crippen molar-refractivity contribution in [2.24, 2.45) is 0 Å². The van der Waals surface area contributed by atoms with Gasteiger partial charge < -0.3 is 15.4 Å². The van der Waals surface area contributed by atoms with Crippen molar-refractivity contribution in [3.05, 3.63) is 40.1 Å². The van der Waals surface area contributed by atoms with E-state index in [1.807, 2.05) is 23.6 Å². The highest BCUT2D eigenvalue weighted by molar-refractivity contribution is 7.12. The third-order valence-corrected chi connectivity index (χ3v) is 4.24. The molecule has 1 aliphatic rings. The number of fused-ring (bicyclic) bond motifs is 1. The largest absolute Gasteiger partial charge is 0.496 e. The smallest absolute Gasteiger partial charge is 0.265 e. The highest BCUT2D eigenvalue weighted by Gasteiger charge is 2.12. The first-order chi connectivity index (χ1) is 9.76. The van der Waals surface area contributed by atoms with Gasteiger partial charge >= 0.3 is 0 Å². The quantitative estimate of drug-likeness (QED) is 0.903. The van der Waals surface area contributed by atoms with Crippen LogP contribution in [0.5, 0.6) is 5.75 Å². The van der Waals surface area contributed by atoms with Gasteiger partial charge in [0.05, 0.1) is 12.0 Å². The van der Waals surface area contributed by atoms with E-state index in [-0.39, 0.29) is 18.3 Å². The third-order valence-electron chi connectivity index (χ3n) is 3.34. The van der Waals surface area contributed by atoms with Crippen molar-refractivity contribution in [1.82, 2.24) is 0 Å². The number of nitrogens with one attached hydrogen (secondary N) is 2. The lowest BCUT2D eigenvalue weighted by molar-refractivity contribution is 0.103. The van der Waals surface area contributed by atoms with Crippen LogP contribution >= 0.6 is 23.7 Å². The molecule has 2 aromatic rings. The molecule has 0 unspecified atom stereocenters. The Hall–Kier alpha value is -1.72. The number of methoxy groups -OCH3 is 1. The van der Waals surface area contributed by atoms with Gasteiger partial charge in [0.2, 0.25) is 0 Å². The first-order valence-electron chi connectivity index (χ1n) is 6.57. The van der Waals surface area contributed by atoms with E-state index in [0.29, 0.717) is 4.88 Å². The van der Waals surface area contributed by atoms with Gasteiger partial charge in [0, 0.05) is 29.4 Å². The van der Waals surface area contributed by atoms with Crippen LogP contribution in [-0.2, 0) is 6.42 Å². The first-order valence-corrected chi connectivity index (χ1v) is 7.45. The number of carbonyl (C=O) groups excluding carboxylic acids is 1. The molecule has 1 aromatic heterocycles. The van der Waals surface area contributed by atoms with Crippen molar-refractivity contribution in [2.45, 2.75) is 12.8 Å². The molecule has 0 bridgehead atoms. The van der Waals surface area contributed by atoms with E-state index < -0.39 is 0 Å². The van der Waals surface area contributed by atoms with Crippen molar-refractivity contribution in [3.8, 4) is 5.75 Å². The number of halogens is 1. The maximum Gasteiger partial charge on any atom is 0.265 e. The Balaban J connectivity index is 0.00000161. The predicted molar refractivity (Wildman–Crippen MR) is 89.3 cm³/mol. The van der Waals surface area contributed by atoms with Crippen molar-refractivity contribution in [3.63, 3.8) is 0 Å². The van der Waals surface area contributed by atoms with Crippen LogP contribution in [0.15, 0.2) is 29.6 Å². The Morgan fingerprint density at radius 1 is 1.38 bits per heavy atom. The van der Waals surface area contributed by atoms with Crippen LogP contribution in [0.1, 0.15) is 21.7 Å². The number of aryl methyl sites for hydroxylation is 1. The Kier molecular flexibility index (Phi) is 5.09. The lowest BCUT2D eigenvalue weighted by Gasteiger charge is -2.18. The number of anilines is 2. The molecule has 4 nitrogen and oxygen atoms in total. The highest BCUT2D eigenvalue weighted by Crippen LogP contribution is 2.26. The Labute approximate surface area is 133 Å². The van der Waals surface area contributed by atoms with Gasteiger partial charge in [0.25, 0.3) is 5.91 Å². The van der Waals surface area contributed by atoms with Gasteiger partial charge in [-0.25, -0.2) is 0 Å². The molecule has 0 aliphatic carbocycles. The number of hydrogen-bond donors (Lipinski definition) is 2. The van der Waals surface area contributed by atoms with Crippen molar-refractivity contribution in [2.75, 3.05) is 24.3 Å². The van der Waals surface area contributed by atoms with E-state index in [2.05, 4.69) is 10.6 Å². The lowest BCUT2D eigenvalue weighted by atomic mass is 10.0. The second-order valence-corrected chi connectivity index (χ2v) is 5.62. The van der Waals surface area contributed by atoms with Crippen molar-refractivity contribution in [1.29, 1.82) is 0 Å². The molecule has 1 aromatic carbocycles. The predicted octanol–water partition coefficient (Wildman–Crippen LogP) is 3.79. The topological polar surface area (TPSA) is 50.4 Å². The number of hydrogen-bond acceptors (Lipinski definition) is 4. The molecule has 0 spiro atoms. The molecular formula is C15H17ClN2O2S. The number of ether oxygens (including phenoxy) is 1. The summed E-state index contributed by atoms with van der Waals surface area (Å²) in [7, 11) is 1.60. The van der Waals surface area contributed by atoms with Crippen LogP contribution in [0.4, 0.5) is 11.4 Å². The fraction of sp³-hybridized carbons (Fsp3) is 0.267. The molecule has 2 N–H and O–H groups in total. The van der Waals surface area contributed by atoms with Crippen LogP contribution in [0.3, 0.4) is 0 Å². The van der Waals surface area contributed by atoms with Crippen molar-refractivity contribution < 1.29 is 9.53 Å². The Bertz CT molecular complexity index is 642. The van der Waals surface area contributed by atoms with E-state index >= 15 is 0 Å². The summed E-state index contributed by atoms with van der Waals surface area (Å²) in [5.41, 5.74) is 3.27. The minimum absolute atomic E-state index is 0. The molecule has 0 saturated carbocycles. The van der Waals surface area contributed by atoms with Gasteiger partial charge in [-0.15, -0.1) is 23.7 Å². The van der Waals surface area contributed by atoms with Crippen molar-refractivity contribution >= 4 is 41.0 Å². The Morgan fingerprint density at radius 2 is 2.24 bits per heavy atom. The van der Waals surface area contributed by atoms with Crippen LogP contribution < -0.4 is 15.4 Å². The summed E-state index contributed by atoms with van der Waals surface area (Å²) in [6.07, 6.45) is 2.19. The molecule has 2 heterocycles. The van der Waals surface area contributed by atoms with E-state index in [1.165, 1.54) is 22.6 Å². The van der Waals surface area contributed by atoms with Crippen LogP contribution in [0.25, 0.3) is 0 Å². The fourth-order valence-corrected chi connectivity index (χ4v) is 3.04. The average molecular weight is 325 g/mol. The Morgan fingerprint density at radius 3 is 3.00 bits per heavy atom. The minimum Gasteiger partial charge on any atom is -0.496 e. The van der Waals surface area contributed by atoms with E-state index in [0.717, 1.165) is 30.8 Å². The number of thiophene rings is 1. The molecule has 1 aliphatic heterocycles. The monoisotopic (exact) mass is 324 g/mol. The summed E-state index contributed by atoms with van der Waals surface area (Å²) in [6, 6.07) is 7.75. The highest BCUT2D eigenvalue weighted by atomic mass is 35.5. The molecule has 0 atom stereocenters. The SMILES string of the molecule is COc1csc(C(=O)Nc2ccc3c(c2)CCCN3)c1.Cl. The summed E-state index contributed by atoms with van der Waals surface area (Å²) in [5, 5.41) is 8.12. The second kappa shape index (κ2) is 6.83. The number of benzene rings is 1. The molecule has 0 radical (unpaired) electrons. The van der Waals surface area contributed by atoms with E-state index in [9.17, 15) is 4.79 Å². The van der Waals surface area contributed by atoms with Gasteiger partial charge in [-0.2, -0.15) is 0 Å². The standard InChI is InChI=1S/C15H16N2O2S.ClH/c1-19-12-8-14(20-9-12)15(18)17-11-4-5-13-10(7-11)3-2-6-16-13;/h4-5,7-9,16H,2-3,6H2,1H3,(H,17,18);1H. The van der Waals surface area contributed by atoms with Gasteiger partial charge in [0.15, 0.2) is 0 Å². The zero-order valence-corrected chi connectivity index (χ0v) is 13.3. The number of amides is 1. The van der Waals surface area contributed by atoms with Gasteiger partial charge in [-0.3, -0.25) is 4.79 Å². The molecule has 6 heteroatoms. The fourth-order valence-electron chi connectivity index (χ4n) is 2.29. The molecule has 112 valence electrons. The van der Waals surface area contributed by atoms with E-state index in [4.69, 9.17) is 4.74 Å². The maximum atomic E-state index is 12.1. The zero-order chi connectivity index (χ0) is 13.9. The van der Waals surface area contributed by atoms with Gasteiger partial charge in [-0.1, -0.05) is 0 Å². The molecule has 1 amide bonds. The summed E-state index contributed by atoms with van der Waals surface area (Å²) in [6.45, 7) is 1.02.